The third-order valence-electron chi connectivity index (χ3n) is 2.69. The molecule has 20 heavy (non-hydrogen) atoms. The minimum absolute atomic E-state index is 0.132. The summed E-state index contributed by atoms with van der Waals surface area (Å²) in [7, 11) is 0. The number of nitrogens with one attached hydrogen (secondary N) is 1. The maximum Gasteiger partial charge on any atom is 0.269 e. The lowest BCUT2D eigenvalue weighted by Crippen LogP contribution is -2.50. The van der Waals surface area contributed by atoms with E-state index in [1.165, 1.54) is 5.01 Å². The lowest BCUT2D eigenvalue weighted by atomic mass is 10.2. The highest BCUT2D eigenvalue weighted by Crippen LogP contribution is 2.32. The quantitative estimate of drug-likeness (QED) is 0.646. The van der Waals surface area contributed by atoms with Gasteiger partial charge >= 0.3 is 0 Å². The number of hydrazine groups is 1. The van der Waals surface area contributed by atoms with E-state index >= 15 is 0 Å². The van der Waals surface area contributed by atoms with Crippen molar-refractivity contribution in [1.29, 1.82) is 0 Å². The highest BCUT2D eigenvalue weighted by atomic mass is 32.1. The van der Waals surface area contributed by atoms with Crippen molar-refractivity contribution in [3.63, 3.8) is 0 Å². The van der Waals surface area contributed by atoms with Crippen molar-refractivity contribution >= 4 is 23.2 Å². The number of amides is 1. The number of rotatable bonds is 3. The molecule has 0 radical (unpaired) electrons. The first kappa shape index (κ1) is 14.4. The molecule has 0 saturated carbocycles. The molecule has 3 N–H and O–H groups in total. The molecule has 1 heterocycles. The predicted octanol–water partition coefficient (Wildman–Crippen LogP) is 1.26. The number of hydrogen-bond donors (Lipinski definition) is 2. The van der Waals surface area contributed by atoms with E-state index in [4.69, 9.17) is 27.4 Å². The van der Waals surface area contributed by atoms with E-state index in [0.717, 1.165) is 0 Å². The number of carbonyl (C=O) groups excluding carboxylic acids is 1. The molecule has 0 unspecified atom stereocenters. The second-order valence-electron chi connectivity index (χ2n) is 4.85. The van der Waals surface area contributed by atoms with Crippen LogP contribution < -0.4 is 20.6 Å². The average molecular weight is 295 g/mol. The Labute approximate surface area is 122 Å². The molecular formula is C13H17N3O3S. The smallest absolute Gasteiger partial charge is 0.269 e. The number of fused-ring (bicyclic) bond motifs is 1. The van der Waals surface area contributed by atoms with Crippen LogP contribution in [-0.2, 0) is 0 Å². The SMILES string of the molecule is CC(C)CN(NC(=O)c1ccc2c(c1)OCO2)C(N)=S. The predicted molar refractivity (Wildman–Crippen MR) is 78.4 cm³/mol. The average Bonchev–Trinajstić information content (AvgIpc) is 2.84. The summed E-state index contributed by atoms with van der Waals surface area (Å²) in [4.78, 5) is 12.2. The van der Waals surface area contributed by atoms with Crippen LogP contribution in [0.15, 0.2) is 18.2 Å². The third kappa shape index (κ3) is 3.30. The summed E-state index contributed by atoms with van der Waals surface area (Å²) in [5.74, 6) is 1.21. The molecule has 1 aliphatic heterocycles. The van der Waals surface area contributed by atoms with Crippen LogP contribution in [0.3, 0.4) is 0 Å². The molecule has 2 rings (SSSR count). The maximum atomic E-state index is 12.2. The summed E-state index contributed by atoms with van der Waals surface area (Å²) in [6.45, 7) is 4.74. The van der Waals surface area contributed by atoms with Crippen molar-refractivity contribution in [1.82, 2.24) is 10.4 Å². The molecule has 6 nitrogen and oxygen atoms in total. The lowest BCUT2D eigenvalue weighted by Gasteiger charge is -2.25. The molecule has 0 saturated heterocycles. The molecular weight excluding hydrogens is 278 g/mol. The van der Waals surface area contributed by atoms with Gasteiger partial charge in [0.15, 0.2) is 16.6 Å². The van der Waals surface area contributed by atoms with Gasteiger partial charge in [-0.05, 0) is 36.3 Å². The van der Waals surface area contributed by atoms with Gasteiger partial charge in [-0.25, -0.2) is 0 Å². The van der Waals surface area contributed by atoms with Crippen LogP contribution in [0.2, 0.25) is 0 Å². The summed E-state index contributed by atoms with van der Waals surface area (Å²) in [6, 6.07) is 4.99. The molecule has 0 aromatic heterocycles. The highest BCUT2D eigenvalue weighted by molar-refractivity contribution is 7.80. The van der Waals surface area contributed by atoms with Crippen LogP contribution in [0.4, 0.5) is 0 Å². The monoisotopic (exact) mass is 295 g/mol. The van der Waals surface area contributed by atoms with E-state index in [1.54, 1.807) is 18.2 Å². The topological polar surface area (TPSA) is 76.8 Å². The number of ether oxygens (including phenoxy) is 2. The van der Waals surface area contributed by atoms with Crippen molar-refractivity contribution in [2.45, 2.75) is 13.8 Å². The van der Waals surface area contributed by atoms with Crippen LogP contribution in [0.1, 0.15) is 24.2 Å². The first-order valence-corrected chi connectivity index (χ1v) is 6.66. The van der Waals surface area contributed by atoms with Crippen LogP contribution in [0.25, 0.3) is 0 Å². The fourth-order valence-electron chi connectivity index (χ4n) is 1.78. The van der Waals surface area contributed by atoms with Crippen LogP contribution in [0, 0.1) is 5.92 Å². The minimum Gasteiger partial charge on any atom is -0.454 e. The van der Waals surface area contributed by atoms with Gasteiger partial charge in [-0.3, -0.25) is 15.2 Å². The molecule has 1 amide bonds. The molecule has 0 fully saturated rings. The minimum atomic E-state index is -0.295. The second kappa shape index (κ2) is 5.96. The van der Waals surface area contributed by atoms with E-state index in [2.05, 4.69) is 5.43 Å². The van der Waals surface area contributed by atoms with Gasteiger partial charge in [-0.2, -0.15) is 0 Å². The number of carbonyl (C=O) groups is 1. The standard InChI is InChI=1S/C13H17N3O3S/c1-8(2)6-16(13(14)20)15-12(17)9-3-4-10-11(5-9)19-7-18-10/h3-5,8H,6-7H2,1-2H3,(H2,14,20)(H,15,17). The van der Waals surface area contributed by atoms with Crippen molar-refractivity contribution in [2.75, 3.05) is 13.3 Å². The Balaban J connectivity index is 2.08. The molecule has 1 aliphatic rings. The third-order valence-corrected chi connectivity index (χ3v) is 2.91. The van der Waals surface area contributed by atoms with Crippen molar-refractivity contribution in [3.8, 4) is 11.5 Å². The van der Waals surface area contributed by atoms with Crippen molar-refractivity contribution in [3.05, 3.63) is 23.8 Å². The van der Waals surface area contributed by atoms with Gasteiger partial charge in [0.2, 0.25) is 6.79 Å². The van der Waals surface area contributed by atoms with Crippen molar-refractivity contribution < 1.29 is 14.3 Å². The molecule has 108 valence electrons. The first-order valence-electron chi connectivity index (χ1n) is 6.25. The fourth-order valence-corrected chi connectivity index (χ4v) is 1.90. The summed E-state index contributed by atoms with van der Waals surface area (Å²) < 4.78 is 10.4. The Morgan fingerprint density at radius 2 is 2.15 bits per heavy atom. The van der Waals surface area contributed by atoms with Crippen molar-refractivity contribution in [2.24, 2.45) is 11.7 Å². The largest absolute Gasteiger partial charge is 0.454 e. The molecule has 0 spiro atoms. The summed E-state index contributed by atoms with van der Waals surface area (Å²) >= 11 is 4.93. The van der Waals surface area contributed by atoms with Gasteiger partial charge in [0.25, 0.3) is 5.91 Å². The maximum absolute atomic E-state index is 12.2. The molecule has 0 atom stereocenters. The zero-order valence-electron chi connectivity index (χ0n) is 11.4. The van der Waals surface area contributed by atoms with Gasteiger partial charge in [-0.15, -0.1) is 0 Å². The van der Waals surface area contributed by atoms with E-state index in [1.807, 2.05) is 13.8 Å². The van der Waals surface area contributed by atoms with Gasteiger partial charge in [0.1, 0.15) is 0 Å². The number of benzene rings is 1. The number of nitrogens with two attached hydrogens (primary N) is 1. The summed E-state index contributed by atoms with van der Waals surface area (Å²) in [6.07, 6.45) is 0. The van der Waals surface area contributed by atoms with E-state index < -0.39 is 0 Å². The Hall–Kier alpha value is -2.02. The van der Waals surface area contributed by atoms with Crippen LogP contribution in [0.5, 0.6) is 11.5 Å². The number of hydrogen-bond acceptors (Lipinski definition) is 4. The molecule has 0 bridgehead atoms. The van der Waals surface area contributed by atoms with Gasteiger partial charge in [0.05, 0.1) is 0 Å². The number of thiocarbonyl (C=S) groups is 1. The Morgan fingerprint density at radius 1 is 1.45 bits per heavy atom. The molecule has 0 aliphatic carbocycles. The van der Waals surface area contributed by atoms with E-state index in [-0.39, 0.29) is 17.8 Å². The van der Waals surface area contributed by atoms with Gasteiger partial charge in [-0.1, -0.05) is 13.8 Å². The lowest BCUT2D eigenvalue weighted by molar-refractivity contribution is 0.0862. The van der Waals surface area contributed by atoms with Crippen LogP contribution in [-0.4, -0.2) is 29.4 Å². The zero-order chi connectivity index (χ0) is 14.7. The highest BCUT2D eigenvalue weighted by Gasteiger charge is 2.18. The fraction of sp³-hybridized carbons (Fsp3) is 0.385. The number of nitrogens with zero attached hydrogens (tertiary/aromatic N) is 1. The zero-order valence-corrected chi connectivity index (χ0v) is 12.2. The Bertz CT molecular complexity index is 534. The molecule has 7 heteroatoms. The Morgan fingerprint density at radius 3 is 2.80 bits per heavy atom. The van der Waals surface area contributed by atoms with E-state index in [0.29, 0.717) is 29.5 Å². The normalized spacial score (nSPS) is 12.3. The van der Waals surface area contributed by atoms with E-state index in [9.17, 15) is 4.79 Å². The van der Waals surface area contributed by atoms with Gasteiger partial charge < -0.3 is 15.2 Å². The summed E-state index contributed by atoms with van der Waals surface area (Å²) in [5.41, 5.74) is 8.74. The molecule has 1 aromatic carbocycles. The van der Waals surface area contributed by atoms with Crippen LogP contribution >= 0.6 is 12.2 Å². The Kier molecular flexibility index (Phi) is 4.29. The second-order valence-corrected chi connectivity index (χ2v) is 5.27. The molecule has 1 aromatic rings. The summed E-state index contributed by atoms with van der Waals surface area (Å²) in [5, 5.41) is 1.60. The van der Waals surface area contributed by atoms with Gasteiger partial charge in [0, 0.05) is 12.1 Å². The first-order chi connectivity index (χ1) is 9.47.